The molecule has 1 aromatic rings. The number of nitrogens with zero attached hydrogens (tertiary/aromatic N) is 2. The molecule has 4 nitrogen and oxygen atoms in total. The summed E-state index contributed by atoms with van der Waals surface area (Å²) in [6.45, 7) is 0.843. The van der Waals surface area contributed by atoms with Crippen LogP contribution in [0.2, 0.25) is 0 Å². The first-order valence-electron chi connectivity index (χ1n) is 4.98. The van der Waals surface area contributed by atoms with Crippen LogP contribution in [0.4, 0.5) is 26.3 Å². The van der Waals surface area contributed by atoms with Crippen molar-refractivity contribution in [3.8, 4) is 0 Å². The van der Waals surface area contributed by atoms with E-state index in [0.29, 0.717) is 7.05 Å². The fourth-order valence-corrected chi connectivity index (χ4v) is 1.68. The molecule has 1 N–H and O–H groups in total. The van der Waals surface area contributed by atoms with E-state index >= 15 is 0 Å². The standard InChI is InChI=1S/C10H8F6N2O2/c1-4(3-5(19)20)6-7(9(11,12)13)17-18(2)8(6)10(14,15)16/h3H,1-2H3,(H,19,20)/b4-3+. The monoisotopic (exact) mass is 302 g/mol. The van der Waals surface area contributed by atoms with E-state index in [1.165, 1.54) is 0 Å². The number of alkyl halides is 6. The lowest BCUT2D eigenvalue weighted by molar-refractivity contribution is -0.144. The van der Waals surface area contributed by atoms with Gasteiger partial charge in [-0.25, -0.2) is 4.79 Å². The molecule has 1 rings (SSSR count). The number of carboxylic acids is 1. The van der Waals surface area contributed by atoms with Gasteiger partial charge < -0.3 is 5.11 Å². The highest BCUT2D eigenvalue weighted by Crippen LogP contribution is 2.41. The predicted octanol–water partition coefficient (Wildman–Crippen LogP) is 2.95. The summed E-state index contributed by atoms with van der Waals surface area (Å²) in [7, 11) is 0.704. The lowest BCUT2D eigenvalue weighted by Crippen LogP contribution is -2.14. The van der Waals surface area contributed by atoms with E-state index in [1.54, 1.807) is 0 Å². The van der Waals surface area contributed by atoms with Crippen LogP contribution in [0.3, 0.4) is 0 Å². The zero-order chi connectivity index (χ0) is 15.9. The van der Waals surface area contributed by atoms with Gasteiger partial charge in [-0.3, -0.25) is 4.68 Å². The lowest BCUT2D eigenvalue weighted by atomic mass is 10.0. The first kappa shape index (κ1) is 16.1. The Bertz CT molecular complexity index is 568. The minimum Gasteiger partial charge on any atom is -0.478 e. The van der Waals surface area contributed by atoms with Crippen molar-refractivity contribution in [2.75, 3.05) is 0 Å². The summed E-state index contributed by atoms with van der Waals surface area (Å²) in [6, 6.07) is 0. The number of hydrogen-bond donors (Lipinski definition) is 1. The van der Waals surface area contributed by atoms with E-state index in [-0.39, 0.29) is 10.8 Å². The van der Waals surface area contributed by atoms with E-state index in [0.717, 1.165) is 6.92 Å². The summed E-state index contributed by atoms with van der Waals surface area (Å²) < 4.78 is 76.6. The molecular weight excluding hydrogens is 294 g/mol. The SMILES string of the molecule is C/C(=C\C(=O)O)c1c(C(F)(F)F)nn(C)c1C(F)(F)F. The number of carbonyl (C=O) groups is 1. The van der Waals surface area contributed by atoms with Gasteiger partial charge in [0.15, 0.2) is 5.69 Å². The first-order chi connectivity index (χ1) is 8.85. The topological polar surface area (TPSA) is 55.1 Å². The lowest BCUT2D eigenvalue weighted by Gasteiger charge is -2.11. The van der Waals surface area contributed by atoms with Crippen molar-refractivity contribution in [2.24, 2.45) is 7.05 Å². The van der Waals surface area contributed by atoms with Crippen molar-refractivity contribution in [3.63, 3.8) is 0 Å². The van der Waals surface area contributed by atoms with E-state index in [9.17, 15) is 31.1 Å². The molecule has 0 aromatic carbocycles. The Kier molecular flexibility index (Phi) is 3.88. The van der Waals surface area contributed by atoms with Crippen molar-refractivity contribution < 1.29 is 36.2 Å². The normalized spacial score (nSPS) is 13.7. The van der Waals surface area contributed by atoms with Crippen LogP contribution in [0.5, 0.6) is 0 Å². The molecule has 112 valence electrons. The molecule has 1 heterocycles. The van der Waals surface area contributed by atoms with Gasteiger partial charge in [-0.1, -0.05) is 0 Å². The molecule has 0 saturated heterocycles. The van der Waals surface area contributed by atoms with Crippen molar-refractivity contribution in [1.82, 2.24) is 9.78 Å². The molecule has 0 saturated carbocycles. The summed E-state index contributed by atoms with van der Waals surface area (Å²) in [5, 5.41) is 11.3. The first-order valence-corrected chi connectivity index (χ1v) is 4.98. The smallest absolute Gasteiger partial charge is 0.435 e. The van der Waals surface area contributed by atoms with E-state index in [4.69, 9.17) is 5.11 Å². The number of carboxylic acid groups (broad SMARTS) is 1. The van der Waals surface area contributed by atoms with Crippen molar-refractivity contribution in [2.45, 2.75) is 19.3 Å². The third kappa shape index (κ3) is 3.11. The molecule has 0 amide bonds. The molecule has 0 aliphatic rings. The number of rotatable bonds is 2. The molecule has 0 aliphatic heterocycles. The molecule has 0 fully saturated rings. The Hall–Kier alpha value is -2.00. The molecule has 0 radical (unpaired) electrons. The van der Waals surface area contributed by atoms with Gasteiger partial charge in [0, 0.05) is 18.7 Å². The maximum atomic E-state index is 12.8. The summed E-state index contributed by atoms with van der Waals surface area (Å²) in [5.74, 6) is -1.66. The minimum absolute atomic E-state index is 0.0390. The summed E-state index contributed by atoms with van der Waals surface area (Å²) in [6.07, 6.45) is -9.97. The Morgan fingerprint density at radius 1 is 1.20 bits per heavy atom. The number of allylic oxidation sites excluding steroid dienone is 1. The van der Waals surface area contributed by atoms with Gasteiger partial charge in [-0.15, -0.1) is 0 Å². The van der Waals surface area contributed by atoms with Crippen LogP contribution in [0.25, 0.3) is 5.57 Å². The molecule has 0 atom stereocenters. The highest BCUT2D eigenvalue weighted by atomic mass is 19.4. The fourth-order valence-electron chi connectivity index (χ4n) is 1.68. The maximum absolute atomic E-state index is 12.8. The average Bonchev–Trinajstić information content (AvgIpc) is 2.53. The third-order valence-corrected chi connectivity index (χ3v) is 2.32. The highest BCUT2D eigenvalue weighted by Gasteiger charge is 2.46. The van der Waals surface area contributed by atoms with E-state index in [1.807, 2.05) is 0 Å². The fraction of sp³-hybridized carbons (Fsp3) is 0.400. The van der Waals surface area contributed by atoms with Crippen molar-refractivity contribution in [3.05, 3.63) is 23.0 Å². The summed E-state index contributed by atoms with van der Waals surface area (Å²) in [5.41, 5.74) is -5.40. The number of aliphatic carboxylic acids is 1. The van der Waals surface area contributed by atoms with Gasteiger partial charge in [0.2, 0.25) is 0 Å². The predicted molar refractivity (Wildman–Crippen MR) is 54.5 cm³/mol. The second-order valence-electron chi connectivity index (χ2n) is 3.86. The van der Waals surface area contributed by atoms with Gasteiger partial charge in [0.1, 0.15) is 5.69 Å². The number of aromatic nitrogens is 2. The average molecular weight is 302 g/mol. The molecule has 0 bridgehead atoms. The number of aryl methyl sites for hydroxylation is 1. The zero-order valence-corrected chi connectivity index (χ0v) is 10.1. The van der Waals surface area contributed by atoms with Crippen LogP contribution in [0, 0.1) is 0 Å². The number of halogens is 6. The minimum atomic E-state index is -5.13. The van der Waals surface area contributed by atoms with Gasteiger partial charge in [0.05, 0.1) is 0 Å². The van der Waals surface area contributed by atoms with Crippen LogP contribution >= 0.6 is 0 Å². The maximum Gasteiger partial charge on any atom is 0.435 e. The number of hydrogen-bond acceptors (Lipinski definition) is 2. The van der Waals surface area contributed by atoms with Gasteiger partial charge >= 0.3 is 18.3 Å². The molecule has 0 aliphatic carbocycles. The van der Waals surface area contributed by atoms with Crippen LogP contribution in [-0.4, -0.2) is 20.9 Å². The quantitative estimate of drug-likeness (QED) is 0.675. The van der Waals surface area contributed by atoms with Gasteiger partial charge in [0.25, 0.3) is 0 Å². The second-order valence-corrected chi connectivity index (χ2v) is 3.86. The van der Waals surface area contributed by atoms with Crippen molar-refractivity contribution >= 4 is 11.5 Å². The Morgan fingerprint density at radius 2 is 1.70 bits per heavy atom. The Balaban J connectivity index is 3.72. The molecular formula is C10H8F6N2O2. The van der Waals surface area contributed by atoms with Crippen molar-refractivity contribution in [1.29, 1.82) is 0 Å². The van der Waals surface area contributed by atoms with E-state index < -0.39 is 40.8 Å². The summed E-state index contributed by atoms with van der Waals surface area (Å²) in [4.78, 5) is 10.4. The zero-order valence-electron chi connectivity index (χ0n) is 10.1. The van der Waals surface area contributed by atoms with Gasteiger partial charge in [-0.2, -0.15) is 31.4 Å². The largest absolute Gasteiger partial charge is 0.478 e. The van der Waals surface area contributed by atoms with Crippen LogP contribution < -0.4 is 0 Å². The third-order valence-electron chi connectivity index (χ3n) is 2.32. The highest BCUT2D eigenvalue weighted by molar-refractivity contribution is 5.90. The van der Waals surface area contributed by atoms with E-state index in [2.05, 4.69) is 5.10 Å². The molecule has 0 unspecified atom stereocenters. The molecule has 20 heavy (non-hydrogen) atoms. The summed E-state index contributed by atoms with van der Waals surface area (Å²) >= 11 is 0. The molecule has 0 spiro atoms. The van der Waals surface area contributed by atoms with Crippen LogP contribution in [0.1, 0.15) is 23.9 Å². The molecule has 1 aromatic heterocycles. The van der Waals surface area contributed by atoms with Gasteiger partial charge in [-0.05, 0) is 12.5 Å². The Morgan fingerprint density at radius 3 is 2.05 bits per heavy atom. The Labute approximate surface area is 108 Å². The van der Waals surface area contributed by atoms with Crippen LogP contribution in [0.15, 0.2) is 6.08 Å². The molecule has 10 heteroatoms. The second kappa shape index (κ2) is 4.84. The van der Waals surface area contributed by atoms with Crippen LogP contribution in [-0.2, 0) is 24.2 Å².